The summed E-state index contributed by atoms with van der Waals surface area (Å²) in [6.07, 6.45) is 0.840. The molecule has 0 aromatic heterocycles. The molecule has 0 aliphatic carbocycles. The molecule has 0 bridgehead atoms. The van der Waals surface area contributed by atoms with Crippen LogP contribution < -0.4 is 9.32 Å². The summed E-state index contributed by atoms with van der Waals surface area (Å²) in [4.78, 5) is 13.8. The summed E-state index contributed by atoms with van der Waals surface area (Å²) >= 11 is 0. The molecule has 0 amide bonds. The van der Waals surface area contributed by atoms with Gasteiger partial charge in [-0.25, -0.2) is 0 Å². The second kappa shape index (κ2) is 11.6. The number of carbonyl (C=O) groups is 1. The Hall–Kier alpha value is -1.18. The van der Waals surface area contributed by atoms with Gasteiger partial charge in [0.05, 0.1) is 0 Å². The molecule has 166 valence electrons. The third-order valence-corrected chi connectivity index (χ3v) is 5.94. The van der Waals surface area contributed by atoms with Crippen LogP contribution in [0.1, 0.15) is 92.8 Å². The van der Waals surface area contributed by atoms with Crippen LogP contribution in [0, 0.1) is 5.92 Å². The molecule has 2 aromatic carbocycles. The molecule has 7 heteroatoms. The SMILES string of the molecule is CCC(C)C(C(=O)c1ccc(C(C)C)c(OS(N)(=O)=O)c1C(C)C)c1ccccc1.[NaH]. The van der Waals surface area contributed by atoms with Gasteiger partial charge in [-0.15, -0.1) is 0 Å². The van der Waals surface area contributed by atoms with Gasteiger partial charge in [-0.2, -0.15) is 13.6 Å². The van der Waals surface area contributed by atoms with E-state index in [4.69, 9.17) is 9.32 Å². The first kappa shape index (κ1) is 27.9. The normalized spacial score (nSPS) is 13.6. The first-order valence-electron chi connectivity index (χ1n) is 10.5. The molecule has 0 saturated carbocycles. The number of rotatable bonds is 9. The van der Waals surface area contributed by atoms with E-state index in [1.165, 1.54) is 0 Å². The van der Waals surface area contributed by atoms with E-state index in [1.807, 2.05) is 58.0 Å². The van der Waals surface area contributed by atoms with E-state index >= 15 is 0 Å². The van der Waals surface area contributed by atoms with Gasteiger partial charge in [0.2, 0.25) is 0 Å². The fourth-order valence-electron chi connectivity index (χ4n) is 3.87. The fraction of sp³-hybridized carbons (Fsp3) is 0.458. The van der Waals surface area contributed by atoms with Crippen molar-refractivity contribution < 1.29 is 17.4 Å². The van der Waals surface area contributed by atoms with Gasteiger partial charge in [0, 0.05) is 17.0 Å². The van der Waals surface area contributed by atoms with Crippen molar-refractivity contribution in [2.45, 2.75) is 65.7 Å². The molecule has 2 rings (SSSR count). The Morgan fingerprint density at radius 3 is 2.00 bits per heavy atom. The summed E-state index contributed by atoms with van der Waals surface area (Å²) in [6, 6.07) is 13.3. The Balaban J connectivity index is 0.00000480. The van der Waals surface area contributed by atoms with Gasteiger partial charge < -0.3 is 4.18 Å². The van der Waals surface area contributed by atoms with Crippen molar-refractivity contribution in [3.63, 3.8) is 0 Å². The molecule has 0 spiro atoms. The van der Waals surface area contributed by atoms with Crippen molar-refractivity contribution >= 4 is 45.6 Å². The van der Waals surface area contributed by atoms with Crippen LogP contribution in [0.2, 0.25) is 0 Å². The van der Waals surface area contributed by atoms with Crippen LogP contribution in [0.5, 0.6) is 5.75 Å². The topological polar surface area (TPSA) is 86.5 Å². The standard InChI is InChI=1S/C24H33NO4S.Na.H/c1-7-17(6)22(18-11-9-8-10-12-18)23(26)20-14-13-19(15(2)3)24(21(20)16(4)5)29-30(25,27)28;;/h8-17,22H,7H2,1-6H3,(H2,25,27,28);;. The molecule has 0 aliphatic heterocycles. The number of ketones is 1. The number of nitrogens with two attached hydrogens (primary N) is 1. The first-order chi connectivity index (χ1) is 14.0. The zero-order chi connectivity index (χ0) is 22.6. The average molecular weight is 456 g/mol. The fourth-order valence-corrected chi connectivity index (χ4v) is 4.29. The van der Waals surface area contributed by atoms with Crippen LogP contribution in [0.3, 0.4) is 0 Å². The summed E-state index contributed by atoms with van der Waals surface area (Å²) in [5.74, 6) is -0.193. The summed E-state index contributed by atoms with van der Waals surface area (Å²) in [5, 5.41) is 5.22. The third-order valence-electron chi connectivity index (χ3n) is 5.54. The molecule has 2 N–H and O–H groups in total. The van der Waals surface area contributed by atoms with Crippen molar-refractivity contribution in [2.24, 2.45) is 11.1 Å². The minimum absolute atomic E-state index is 0. The molecule has 0 aliphatic rings. The summed E-state index contributed by atoms with van der Waals surface area (Å²) in [6.45, 7) is 11.9. The molecular weight excluding hydrogens is 421 g/mol. The Bertz CT molecular complexity index is 988. The van der Waals surface area contributed by atoms with E-state index in [1.54, 1.807) is 12.1 Å². The predicted octanol–water partition coefficient (Wildman–Crippen LogP) is 4.88. The maximum absolute atomic E-state index is 13.8. The Morgan fingerprint density at radius 1 is 0.968 bits per heavy atom. The molecule has 0 radical (unpaired) electrons. The van der Waals surface area contributed by atoms with E-state index in [9.17, 15) is 13.2 Å². The molecule has 0 heterocycles. The molecule has 2 unspecified atom stereocenters. The number of carbonyl (C=O) groups excluding carboxylic acids is 1. The third kappa shape index (κ3) is 6.90. The van der Waals surface area contributed by atoms with Crippen LogP contribution in [-0.2, 0) is 10.3 Å². The van der Waals surface area contributed by atoms with Crippen molar-refractivity contribution in [3.8, 4) is 5.75 Å². The van der Waals surface area contributed by atoms with Crippen LogP contribution in [-0.4, -0.2) is 43.8 Å². The predicted molar refractivity (Wildman–Crippen MR) is 128 cm³/mol. The monoisotopic (exact) mass is 455 g/mol. The van der Waals surface area contributed by atoms with E-state index in [-0.39, 0.29) is 64.8 Å². The molecule has 2 atom stereocenters. The van der Waals surface area contributed by atoms with Crippen LogP contribution in [0.4, 0.5) is 0 Å². The van der Waals surface area contributed by atoms with Gasteiger partial charge in [0.25, 0.3) is 0 Å². The van der Waals surface area contributed by atoms with Gasteiger partial charge in [0.15, 0.2) is 11.5 Å². The Kier molecular flexibility index (Phi) is 10.4. The van der Waals surface area contributed by atoms with E-state index < -0.39 is 10.3 Å². The van der Waals surface area contributed by atoms with Gasteiger partial charge in [-0.1, -0.05) is 90.4 Å². The quantitative estimate of drug-likeness (QED) is 0.431. The second-order valence-corrected chi connectivity index (χ2v) is 9.62. The first-order valence-corrected chi connectivity index (χ1v) is 11.9. The summed E-state index contributed by atoms with van der Waals surface area (Å²) < 4.78 is 28.9. The molecular formula is C24H34NNaO4S. The van der Waals surface area contributed by atoms with Crippen molar-refractivity contribution in [1.82, 2.24) is 0 Å². The number of benzene rings is 2. The molecule has 5 nitrogen and oxygen atoms in total. The second-order valence-electron chi connectivity index (χ2n) is 8.47. The molecule has 2 aromatic rings. The minimum atomic E-state index is -4.24. The van der Waals surface area contributed by atoms with Crippen LogP contribution >= 0.6 is 0 Å². The zero-order valence-corrected chi connectivity index (χ0v) is 19.5. The van der Waals surface area contributed by atoms with Crippen molar-refractivity contribution in [1.29, 1.82) is 0 Å². The van der Waals surface area contributed by atoms with Crippen molar-refractivity contribution in [3.05, 3.63) is 64.7 Å². The van der Waals surface area contributed by atoms with E-state index in [2.05, 4.69) is 13.8 Å². The Morgan fingerprint density at radius 2 is 1.55 bits per heavy atom. The maximum atomic E-state index is 13.8. The molecule has 0 saturated heterocycles. The number of hydrogen-bond donors (Lipinski definition) is 1. The van der Waals surface area contributed by atoms with E-state index in [0.29, 0.717) is 16.7 Å². The van der Waals surface area contributed by atoms with Crippen molar-refractivity contribution in [2.75, 3.05) is 0 Å². The zero-order valence-electron chi connectivity index (χ0n) is 18.7. The van der Waals surface area contributed by atoms with Crippen LogP contribution in [0.25, 0.3) is 0 Å². The number of Topliss-reactive ketones (excluding diaryl/α,β-unsaturated/α-hetero) is 1. The van der Waals surface area contributed by atoms with Gasteiger partial charge >= 0.3 is 39.9 Å². The van der Waals surface area contributed by atoms with Gasteiger partial charge in [-0.3, -0.25) is 4.79 Å². The summed E-state index contributed by atoms with van der Waals surface area (Å²) in [7, 11) is -4.24. The Labute approximate surface area is 209 Å². The average Bonchev–Trinajstić information content (AvgIpc) is 2.66. The van der Waals surface area contributed by atoms with Gasteiger partial charge in [0.1, 0.15) is 0 Å². The molecule has 0 fully saturated rings. The number of hydrogen-bond acceptors (Lipinski definition) is 4. The van der Waals surface area contributed by atoms with Crippen LogP contribution in [0.15, 0.2) is 42.5 Å². The van der Waals surface area contributed by atoms with Gasteiger partial charge in [-0.05, 0) is 28.9 Å². The van der Waals surface area contributed by atoms with E-state index in [0.717, 1.165) is 12.0 Å². The summed E-state index contributed by atoms with van der Waals surface area (Å²) in [5.41, 5.74) is 2.74. The molecule has 31 heavy (non-hydrogen) atoms.